The molecule has 0 heterocycles. The van der Waals surface area contributed by atoms with Crippen LogP contribution in [0.3, 0.4) is 0 Å². The third kappa shape index (κ3) is 7.34. The Balaban J connectivity index is 3.65. The molecule has 0 aromatic heterocycles. The van der Waals surface area contributed by atoms with Crippen LogP contribution in [0.5, 0.6) is 0 Å². The molecule has 2 unspecified atom stereocenters. The summed E-state index contributed by atoms with van der Waals surface area (Å²) in [4.78, 5) is 4.73. The zero-order chi connectivity index (χ0) is 11.1. The lowest BCUT2D eigenvalue weighted by molar-refractivity contribution is 0.221. The first-order valence-corrected chi connectivity index (χ1v) is 5.79. The maximum Gasteiger partial charge on any atom is 0.00163 e. The molecule has 0 spiro atoms. The summed E-state index contributed by atoms with van der Waals surface area (Å²) in [5.41, 5.74) is 0. The summed E-state index contributed by atoms with van der Waals surface area (Å²) >= 11 is 0. The van der Waals surface area contributed by atoms with Gasteiger partial charge in [0.2, 0.25) is 0 Å². The van der Waals surface area contributed by atoms with Crippen molar-refractivity contribution < 1.29 is 0 Å². The Morgan fingerprint density at radius 2 is 1.36 bits per heavy atom. The summed E-state index contributed by atoms with van der Waals surface area (Å²) in [6, 6.07) is 0. The molecule has 0 aliphatic heterocycles. The van der Waals surface area contributed by atoms with Crippen LogP contribution in [0.4, 0.5) is 0 Å². The Bertz CT molecular complexity index is 134. The van der Waals surface area contributed by atoms with Crippen molar-refractivity contribution in [3.05, 3.63) is 0 Å². The lowest BCUT2D eigenvalue weighted by Gasteiger charge is -2.25. The number of hydrogen-bond donors (Lipinski definition) is 0. The van der Waals surface area contributed by atoms with Crippen molar-refractivity contribution in [3.63, 3.8) is 0 Å². The number of nitrogens with zero attached hydrogens (tertiary/aromatic N) is 2. The Labute approximate surface area is 90.3 Å². The zero-order valence-corrected chi connectivity index (χ0v) is 10.9. The minimum Gasteiger partial charge on any atom is -0.309 e. The van der Waals surface area contributed by atoms with Crippen molar-refractivity contribution in [3.8, 4) is 0 Å². The van der Waals surface area contributed by atoms with Gasteiger partial charge in [0, 0.05) is 19.6 Å². The second-order valence-corrected chi connectivity index (χ2v) is 5.10. The molecule has 0 aromatic rings. The summed E-state index contributed by atoms with van der Waals surface area (Å²) in [6.45, 7) is 10.5. The van der Waals surface area contributed by atoms with Crippen molar-refractivity contribution in [2.45, 2.75) is 27.2 Å². The summed E-state index contributed by atoms with van der Waals surface area (Å²) in [5, 5.41) is 0. The van der Waals surface area contributed by atoms with E-state index in [-0.39, 0.29) is 0 Å². The fourth-order valence-electron chi connectivity index (χ4n) is 1.95. The predicted octanol–water partition coefficient (Wildman–Crippen LogP) is 2.16. The van der Waals surface area contributed by atoms with Crippen LogP contribution in [0.25, 0.3) is 0 Å². The highest BCUT2D eigenvalue weighted by atomic mass is 15.1. The van der Waals surface area contributed by atoms with Gasteiger partial charge in [-0.3, -0.25) is 0 Å². The Kier molecular flexibility index (Phi) is 7.20. The Hall–Kier alpha value is -0.0800. The van der Waals surface area contributed by atoms with E-state index in [1.165, 1.54) is 26.1 Å². The van der Waals surface area contributed by atoms with Crippen molar-refractivity contribution in [1.82, 2.24) is 9.80 Å². The van der Waals surface area contributed by atoms with Gasteiger partial charge in [0.15, 0.2) is 0 Å². The van der Waals surface area contributed by atoms with Gasteiger partial charge in [-0.15, -0.1) is 0 Å². The quantitative estimate of drug-likeness (QED) is 0.621. The van der Waals surface area contributed by atoms with Crippen LogP contribution in [-0.4, -0.2) is 50.6 Å². The van der Waals surface area contributed by atoms with Crippen LogP contribution in [0.2, 0.25) is 0 Å². The first-order valence-electron chi connectivity index (χ1n) is 5.79. The van der Waals surface area contributed by atoms with Gasteiger partial charge in [0.1, 0.15) is 0 Å². The molecule has 14 heavy (non-hydrogen) atoms. The van der Waals surface area contributed by atoms with Crippen molar-refractivity contribution in [1.29, 1.82) is 0 Å². The lowest BCUT2D eigenvalue weighted by atomic mass is 10.1. The average Bonchev–Trinajstić information content (AvgIpc) is 2.01. The fourth-order valence-corrected chi connectivity index (χ4v) is 1.95. The molecule has 0 aliphatic rings. The van der Waals surface area contributed by atoms with E-state index in [0.717, 1.165) is 11.8 Å². The molecule has 0 rings (SSSR count). The second-order valence-electron chi connectivity index (χ2n) is 5.10. The maximum atomic E-state index is 2.46. The highest BCUT2D eigenvalue weighted by Gasteiger charge is 2.09. The van der Waals surface area contributed by atoms with Crippen LogP contribution in [0.15, 0.2) is 0 Å². The molecule has 0 saturated heterocycles. The molecule has 0 aliphatic carbocycles. The third-order valence-corrected chi connectivity index (χ3v) is 2.62. The van der Waals surface area contributed by atoms with E-state index in [4.69, 9.17) is 0 Å². The highest BCUT2D eigenvalue weighted by molar-refractivity contribution is 4.63. The van der Waals surface area contributed by atoms with E-state index in [9.17, 15) is 0 Å². The van der Waals surface area contributed by atoms with Crippen LogP contribution < -0.4 is 0 Å². The zero-order valence-electron chi connectivity index (χ0n) is 10.9. The monoisotopic (exact) mass is 200 g/mol. The molecule has 0 bridgehead atoms. The summed E-state index contributed by atoms with van der Waals surface area (Å²) in [5.74, 6) is 1.59. The minimum atomic E-state index is 0.763. The number of rotatable bonds is 7. The molecule has 0 N–H and O–H groups in total. The summed E-state index contributed by atoms with van der Waals surface area (Å²) in [7, 11) is 6.52. The second kappa shape index (κ2) is 7.24. The Morgan fingerprint density at radius 1 is 0.857 bits per heavy atom. The minimum absolute atomic E-state index is 0.763. The maximum absolute atomic E-state index is 2.46. The molecule has 0 aromatic carbocycles. The van der Waals surface area contributed by atoms with E-state index in [2.05, 4.69) is 51.7 Å². The van der Waals surface area contributed by atoms with Gasteiger partial charge in [-0.2, -0.15) is 0 Å². The predicted molar refractivity (Wildman–Crippen MR) is 64.7 cm³/mol. The molecule has 0 fully saturated rings. The van der Waals surface area contributed by atoms with Crippen LogP contribution in [0, 0.1) is 11.8 Å². The van der Waals surface area contributed by atoms with Gasteiger partial charge >= 0.3 is 0 Å². The smallest absolute Gasteiger partial charge is 0.00163 e. The fraction of sp³-hybridized carbons (Fsp3) is 1.00. The molecule has 2 atom stereocenters. The standard InChI is InChI=1S/C12H28N2/c1-7-11(2)9-14(6)10-12(3)8-13(4)5/h11-12H,7-10H2,1-6H3. The molecule has 2 heteroatoms. The van der Waals surface area contributed by atoms with Gasteiger partial charge in [-0.25, -0.2) is 0 Å². The highest BCUT2D eigenvalue weighted by Crippen LogP contribution is 2.05. The lowest BCUT2D eigenvalue weighted by Crippen LogP contribution is -2.33. The topological polar surface area (TPSA) is 6.48 Å². The molecule has 0 amide bonds. The molecule has 0 radical (unpaired) electrons. The average molecular weight is 200 g/mol. The van der Waals surface area contributed by atoms with Gasteiger partial charge in [0.05, 0.1) is 0 Å². The van der Waals surface area contributed by atoms with Crippen LogP contribution in [-0.2, 0) is 0 Å². The number of hydrogen-bond acceptors (Lipinski definition) is 2. The summed E-state index contributed by atoms with van der Waals surface area (Å²) in [6.07, 6.45) is 1.28. The van der Waals surface area contributed by atoms with Gasteiger partial charge in [-0.05, 0) is 33.0 Å². The van der Waals surface area contributed by atoms with Gasteiger partial charge in [0.25, 0.3) is 0 Å². The van der Waals surface area contributed by atoms with Gasteiger partial charge in [-0.1, -0.05) is 27.2 Å². The largest absolute Gasteiger partial charge is 0.309 e. The summed E-state index contributed by atoms with van der Waals surface area (Å²) < 4.78 is 0. The third-order valence-electron chi connectivity index (χ3n) is 2.62. The van der Waals surface area contributed by atoms with E-state index >= 15 is 0 Å². The molecule has 0 saturated carbocycles. The first kappa shape index (κ1) is 13.9. The molecular weight excluding hydrogens is 172 g/mol. The first-order chi connectivity index (χ1) is 6.45. The van der Waals surface area contributed by atoms with Crippen molar-refractivity contribution in [2.24, 2.45) is 11.8 Å². The SMILES string of the molecule is CCC(C)CN(C)CC(C)CN(C)C. The van der Waals surface area contributed by atoms with Crippen LogP contribution in [0.1, 0.15) is 27.2 Å². The van der Waals surface area contributed by atoms with E-state index < -0.39 is 0 Å². The van der Waals surface area contributed by atoms with Crippen LogP contribution >= 0.6 is 0 Å². The molecule has 86 valence electrons. The van der Waals surface area contributed by atoms with E-state index in [0.29, 0.717) is 0 Å². The van der Waals surface area contributed by atoms with E-state index in [1.54, 1.807) is 0 Å². The van der Waals surface area contributed by atoms with Gasteiger partial charge < -0.3 is 9.80 Å². The van der Waals surface area contributed by atoms with Crippen molar-refractivity contribution in [2.75, 3.05) is 40.8 Å². The Morgan fingerprint density at radius 3 is 1.79 bits per heavy atom. The molecule has 2 nitrogen and oxygen atoms in total. The normalized spacial score (nSPS) is 16.3. The molecular formula is C12H28N2. The van der Waals surface area contributed by atoms with Crippen molar-refractivity contribution >= 4 is 0 Å². The van der Waals surface area contributed by atoms with E-state index in [1.807, 2.05) is 0 Å².